The fourth-order valence-corrected chi connectivity index (χ4v) is 2.20. The molecule has 0 saturated heterocycles. The maximum Gasteiger partial charge on any atom is 0.150 e. The molecule has 0 atom stereocenters. The highest BCUT2D eigenvalue weighted by Crippen LogP contribution is 2.18. The van der Waals surface area contributed by atoms with E-state index in [9.17, 15) is 5.26 Å². The zero-order valence-corrected chi connectivity index (χ0v) is 12.6. The molecule has 3 aromatic rings. The summed E-state index contributed by atoms with van der Waals surface area (Å²) in [4.78, 5) is 7.56. The molecule has 1 heterocycles. The van der Waals surface area contributed by atoms with Crippen molar-refractivity contribution in [1.82, 2.24) is 9.97 Å². The summed E-state index contributed by atoms with van der Waals surface area (Å²) in [5.41, 5.74) is 3.12. The zero-order valence-electron chi connectivity index (χ0n) is 11.0. The van der Waals surface area contributed by atoms with Crippen LogP contribution in [0, 0.1) is 11.3 Å². The predicted molar refractivity (Wildman–Crippen MR) is 87.4 cm³/mol. The van der Waals surface area contributed by atoms with Gasteiger partial charge in [0.15, 0.2) is 5.82 Å². The van der Waals surface area contributed by atoms with Crippen LogP contribution < -0.4 is 5.32 Å². The van der Waals surface area contributed by atoms with Crippen LogP contribution in [-0.2, 0) is 0 Å². The molecule has 21 heavy (non-hydrogen) atoms. The molecular formula is C16H11BrN4. The number of aromatic amines is 1. The number of hydrogen-bond donors (Lipinski definition) is 2. The number of halogens is 1. The zero-order chi connectivity index (χ0) is 14.7. The second kappa shape index (κ2) is 5.81. The van der Waals surface area contributed by atoms with E-state index in [1.807, 2.05) is 48.5 Å². The van der Waals surface area contributed by atoms with E-state index in [1.165, 1.54) is 0 Å². The van der Waals surface area contributed by atoms with Crippen LogP contribution in [-0.4, -0.2) is 9.97 Å². The van der Waals surface area contributed by atoms with Gasteiger partial charge in [-0.05, 0) is 36.4 Å². The standard InChI is InChI=1S/C16H11BrN4/c17-12-5-7-13(8-6-12)19-10-11(9-18)16-20-14-3-1-2-4-15(14)21-16/h1-8,10,19H,(H,20,21)/b11-10+. The van der Waals surface area contributed by atoms with E-state index < -0.39 is 0 Å². The van der Waals surface area contributed by atoms with E-state index in [4.69, 9.17) is 0 Å². The highest BCUT2D eigenvalue weighted by atomic mass is 79.9. The number of hydrogen-bond acceptors (Lipinski definition) is 3. The van der Waals surface area contributed by atoms with Crippen molar-refractivity contribution in [3.63, 3.8) is 0 Å². The van der Waals surface area contributed by atoms with Crippen molar-refractivity contribution in [3.8, 4) is 6.07 Å². The molecule has 0 aliphatic rings. The van der Waals surface area contributed by atoms with Crippen molar-refractivity contribution >= 4 is 38.2 Å². The van der Waals surface area contributed by atoms with Crippen molar-refractivity contribution in [2.45, 2.75) is 0 Å². The third-order valence-electron chi connectivity index (χ3n) is 2.99. The van der Waals surface area contributed by atoms with Crippen LogP contribution >= 0.6 is 15.9 Å². The molecule has 0 spiro atoms. The Balaban J connectivity index is 1.89. The minimum Gasteiger partial charge on any atom is -0.360 e. The molecule has 102 valence electrons. The molecule has 1 aromatic heterocycles. The van der Waals surface area contributed by atoms with E-state index in [0.29, 0.717) is 11.4 Å². The molecule has 0 radical (unpaired) electrons. The van der Waals surface area contributed by atoms with Crippen LogP contribution in [0.3, 0.4) is 0 Å². The summed E-state index contributed by atoms with van der Waals surface area (Å²) in [6.45, 7) is 0. The number of allylic oxidation sites excluding steroid dienone is 1. The first-order valence-corrected chi connectivity index (χ1v) is 7.13. The van der Waals surface area contributed by atoms with Crippen molar-refractivity contribution in [2.75, 3.05) is 5.32 Å². The van der Waals surface area contributed by atoms with E-state index in [2.05, 4.69) is 37.3 Å². The minimum absolute atomic E-state index is 0.453. The Bertz CT molecular complexity index is 808. The number of para-hydroxylation sites is 2. The van der Waals surface area contributed by atoms with Crippen molar-refractivity contribution in [3.05, 3.63) is 65.0 Å². The molecule has 0 unspecified atom stereocenters. The first kappa shape index (κ1) is 13.4. The van der Waals surface area contributed by atoms with Crippen LogP contribution in [0.4, 0.5) is 5.69 Å². The number of imidazole rings is 1. The summed E-state index contributed by atoms with van der Waals surface area (Å²) in [7, 11) is 0. The Hall–Kier alpha value is -2.58. The first-order chi connectivity index (χ1) is 10.3. The Morgan fingerprint density at radius 1 is 1.19 bits per heavy atom. The van der Waals surface area contributed by atoms with Gasteiger partial charge in [-0.25, -0.2) is 4.98 Å². The summed E-state index contributed by atoms with van der Waals surface area (Å²) in [5.74, 6) is 0.559. The van der Waals surface area contributed by atoms with Crippen molar-refractivity contribution in [2.24, 2.45) is 0 Å². The van der Waals surface area contributed by atoms with E-state index in [1.54, 1.807) is 6.20 Å². The number of nitrogens with one attached hydrogen (secondary N) is 2. The van der Waals surface area contributed by atoms with Gasteiger partial charge in [-0.15, -0.1) is 0 Å². The second-order valence-corrected chi connectivity index (χ2v) is 5.34. The lowest BCUT2D eigenvalue weighted by molar-refractivity contribution is 1.27. The molecule has 4 nitrogen and oxygen atoms in total. The van der Waals surface area contributed by atoms with Gasteiger partial charge >= 0.3 is 0 Å². The van der Waals surface area contributed by atoms with Crippen LogP contribution in [0.2, 0.25) is 0 Å². The average molecular weight is 339 g/mol. The number of fused-ring (bicyclic) bond motifs is 1. The summed E-state index contributed by atoms with van der Waals surface area (Å²) >= 11 is 3.38. The van der Waals surface area contributed by atoms with Crippen LogP contribution in [0.1, 0.15) is 5.82 Å². The number of nitrogens with zero attached hydrogens (tertiary/aromatic N) is 2. The lowest BCUT2D eigenvalue weighted by Crippen LogP contribution is -1.92. The third kappa shape index (κ3) is 2.96. The fraction of sp³-hybridized carbons (Fsp3) is 0. The number of benzene rings is 2. The van der Waals surface area contributed by atoms with Gasteiger partial charge in [-0.3, -0.25) is 0 Å². The van der Waals surface area contributed by atoms with Gasteiger partial charge < -0.3 is 10.3 Å². The highest BCUT2D eigenvalue weighted by Gasteiger charge is 2.06. The summed E-state index contributed by atoms with van der Waals surface area (Å²) < 4.78 is 1.01. The first-order valence-electron chi connectivity index (χ1n) is 6.34. The molecule has 5 heteroatoms. The number of anilines is 1. The molecule has 0 aliphatic carbocycles. The maximum absolute atomic E-state index is 9.30. The molecule has 0 fully saturated rings. The molecule has 2 aromatic carbocycles. The second-order valence-electron chi connectivity index (χ2n) is 4.42. The number of H-pyrrole nitrogens is 1. The number of nitriles is 1. The Morgan fingerprint density at radius 3 is 2.67 bits per heavy atom. The van der Waals surface area contributed by atoms with Gasteiger partial charge in [0, 0.05) is 16.4 Å². The molecule has 3 rings (SSSR count). The smallest absolute Gasteiger partial charge is 0.150 e. The molecule has 0 bridgehead atoms. The number of rotatable bonds is 3. The minimum atomic E-state index is 0.453. The summed E-state index contributed by atoms with van der Waals surface area (Å²) in [5, 5.41) is 12.4. The predicted octanol–water partition coefficient (Wildman–Crippen LogP) is 4.30. The normalized spacial score (nSPS) is 11.3. The fourth-order valence-electron chi connectivity index (χ4n) is 1.94. The lowest BCUT2D eigenvalue weighted by Gasteiger charge is -2.01. The van der Waals surface area contributed by atoms with Crippen molar-refractivity contribution < 1.29 is 0 Å². The molecule has 0 saturated carbocycles. The molecule has 2 N–H and O–H groups in total. The molecule has 0 aliphatic heterocycles. The SMILES string of the molecule is N#C/C(=C\Nc1ccc(Br)cc1)c1nc2ccccc2[nH]1. The van der Waals surface area contributed by atoms with Crippen LogP contribution in [0.5, 0.6) is 0 Å². The van der Waals surface area contributed by atoms with E-state index >= 15 is 0 Å². The van der Waals surface area contributed by atoms with Gasteiger partial charge in [0.25, 0.3) is 0 Å². The monoisotopic (exact) mass is 338 g/mol. The quantitative estimate of drug-likeness (QED) is 0.699. The largest absolute Gasteiger partial charge is 0.360 e. The molecule has 0 amide bonds. The summed E-state index contributed by atoms with van der Waals surface area (Å²) in [6.07, 6.45) is 1.65. The van der Waals surface area contributed by atoms with Crippen LogP contribution in [0.25, 0.3) is 16.6 Å². The van der Waals surface area contributed by atoms with Gasteiger partial charge in [0.2, 0.25) is 0 Å². The van der Waals surface area contributed by atoms with Crippen molar-refractivity contribution in [1.29, 1.82) is 5.26 Å². The third-order valence-corrected chi connectivity index (χ3v) is 3.52. The topological polar surface area (TPSA) is 64.5 Å². The van der Waals surface area contributed by atoms with Gasteiger partial charge in [-0.2, -0.15) is 5.26 Å². The lowest BCUT2D eigenvalue weighted by atomic mass is 10.3. The van der Waals surface area contributed by atoms with E-state index in [-0.39, 0.29) is 0 Å². The van der Waals surface area contributed by atoms with Gasteiger partial charge in [0.05, 0.1) is 11.0 Å². The summed E-state index contributed by atoms with van der Waals surface area (Å²) in [6, 6.07) is 17.6. The Kier molecular flexibility index (Phi) is 3.71. The van der Waals surface area contributed by atoms with E-state index in [0.717, 1.165) is 21.2 Å². The Labute approximate surface area is 130 Å². The number of aromatic nitrogens is 2. The van der Waals surface area contributed by atoms with Gasteiger partial charge in [-0.1, -0.05) is 28.1 Å². The van der Waals surface area contributed by atoms with Crippen LogP contribution in [0.15, 0.2) is 59.2 Å². The Morgan fingerprint density at radius 2 is 1.95 bits per heavy atom. The van der Waals surface area contributed by atoms with Gasteiger partial charge in [0.1, 0.15) is 11.6 Å². The highest BCUT2D eigenvalue weighted by molar-refractivity contribution is 9.10. The maximum atomic E-state index is 9.30. The molecular weight excluding hydrogens is 328 g/mol. The average Bonchev–Trinajstić information content (AvgIpc) is 2.93.